The van der Waals surface area contributed by atoms with Crippen LogP contribution in [0.5, 0.6) is 5.75 Å². The van der Waals surface area contributed by atoms with Gasteiger partial charge in [0.1, 0.15) is 11.6 Å². The lowest BCUT2D eigenvalue weighted by Gasteiger charge is -2.15. The minimum Gasteiger partial charge on any atom is -0.497 e. The summed E-state index contributed by atoms with van der Waals surface area (Å²) in [5, 5.41) is 0. The molecule has 6 heteroatoms. The Kier molecular flexibility index (Phi) is 8.49. The van der Waals surface area contributed by atoms with E-state index in [-0.39, 0.29) is 24.8 Å². The van der Waals surface area contributed by atoms with E-state index in [0.717, 1.165) is 35.9 Å². The van der Waals surface area contributed by atoms with Gasteiger partial charge in [-0.15, -0.1) is 24.8 Å². The van der Waals surface area contributed by atoms with Gasteiger partial charge >= 0.3 is 0 Å². The molecular weight excluding hydrogens is 357 g/mol. The molecule has 25 heavy (non-hydrogen) atoms. The predicted molar refractivity (Wildman–Crippen MR) is 107 cm³/mol. The average molecular weight is 380 g/mol. The van der Waals surface area contributed by atoms with Crippen LogP contribution in [0.2, 0.25) is 0 Å². The highest BCUT2D eigenvalue weighted by molar-refractivity contribution is 5.85. The lowest BCUT2D eigenvalue weighted by Crippen LogP contribution is -2.17. The molecule has 0 saturated heterocycles. The van der Waals surface area contributed by atoms with Crippen molar-refractivity contribution in [2.24, 2.45) is 0 Å². The van der Waals surface area contributed by atoms with Crippen LogP contribution in [-0.2, 0) is 13.1 Å². The lowest BCUT2D eigenvalue weighted by molar-refractivity contribution is 0.315. The number of hydrogen-bond donors (Lipinski definition) is 1. The fourth-order valence-corrected chi connectivity index (χ4v) is 2.60. The summed E-state index contributed by atoms with van der Waals surface area (Å²) in [6.07, 6.45) is 1.90. The monoisotopic (exact) mass is 379 g/mol. The van der Waals surface area contributed by atoms with E-state index in [2.05, 4.69) is 46.2 Å². The van der Waals surface area contributed by atoms with E-state index in [9.17, 15) is 0 Å². The molecule has 0 spiro atoms. The lowest BCUT2D eigenvalue weighted by atomic mass is 10.2. The summed E-state index contributed by atoms with van der Waals surface area (Å²) in [6, 6.07) is 18.4. The molecule has 1 heterocycles. The number of hydrogen-bond acceptors (Lipinski definition) is 3. The van der Waals surface area contributed by atoms with Crippen LogP contribution < -0.4 is 4.74 Å². The minimum atomic E-state index is 0. The molecule has 0 aliphatic heterocycles. The summed E-state index contributed by atoms with van der Waals surface area (Å²) < 4.78 is 5.26. The molecule has 1 aromatic heterocycles. The fraction of sp³-hybridized carbons (Fsp3) is 0.211. The van der Waals surface area contributed by atoms with E-state index < -0.39 is 0 Å². The molecule has 0 bridgehead atoms. The number of nitrogens with one attached hydrogen (secondary N) is 1. The zero-order valence-electron chi connectivity index (χ0n) is 14.3. The van der Waals surface area contributed by atoms with Crippen molar-refractivity contribution < 1.29 is 4.74 Å². The normalized spacial score (nSPS) is 10.0. The second kappa shape index (κ2) is 10.1. The van der Waals surface area contributed by atoms with E-state index in [0.29, 0.717) is 0 Å². The summed E-state index contributed by atoms with van der Waals surface area (Å²) in [5.74, 6) is 1.70. The first-order valence-electron chi connectivity index (χ1n) is 7.65. The molecule has 3 rings (SSSR count). The molecule has 0 amide bonds. The molecule has 4 nitrogen and oxygen atoms in total. The van der Waals surface area contributed by atoms with E-state index >= 15 is 0 Å². The Morgan fingerprint density at radius 3 is 2.48 bits per heavy atom. The first-order valence-corrected chi connectivity index (χ1v) is 7.65. The Balaban J connectivity index is 0.00000156. The quantitative estimate of drug-likeness (QED) is 0.682. The van der Waals surface area contributed by atoms with E-state index in [1.807, 2.05) is 36.5 Å². The summed E-state index contributed by atoms with van der Waals surface area (Å²) in [4.78, 5) is 10.1. The molecule has 1 N–H and O–H groups in total. The van der Waals surface area contributed by atoms with E-state index in [4.69, 9.17) is 4.74 Å². The van der Waals surface area contributed by atoms with Crippen LogP contribution >= 0.6 is 24.8 Å². The maximum atomic E-state index is 5.26. The summed E-state index contributed by atoms with van der Waals surface area (Å²) >= 11 is 0. The third kappa shape index (κ3) is 5.78. The van der Waals surface area contributed by atoms with Gasteiger partial charge in [0, 0.05) is 30.5 Å². The van der Waals surface area contributed by atoms with Gasteiger partial charge in [0.25, 0.3) is 0 Å². The Labute approximate surface area is 161 Å². The van der Waals surface area contributed by atoms with Crippen molar-refractivity contribution in [2.75, 3.05) is 14.2 Å². The van der Waals surface area contributed by atoms with Crippen molar-refractivity contribution in [1.82, 2.24) is 14.9 Å². The van der Waals surface area contributed by atoms with Crippen LogP contribution in [0, 0.1) is 0 Å². The molecule has 3 aromatic rings. The van der Waals surface area contributed by atoms with Crippen molar-refractivity contribution in [1.29, 1.82) is 0 Å². The van der Waals surface area contributed by atoms with Crippen LogP contribution in [0.3, 0.4) is 0 Å². The number of aromatic amines is 1. The van der Waals surface area contributed by atoms with Crippen molar-refractivity contribution >= 4 is 24.8 Å². The van der Waals surface area contributed by atoms with Crippen LogP contribution in [0.15, 0.2) is 60.8 Å². The van der Waals surface area contributed by atoms with Gasteiger partial charge in [0.2, 0.25) is 0 Å². The van der Waals surface area contributed by atoms with Crippen LogP contribution in [-0.4, -0.2) is 29.0 Å². The Bertz CT molecular complexity index is 762. The molecule has 134 valence electrons. The number of ether oxygens (including phenoxy) is 1. The smallest absolute Gasteiger partial charge is 0.137 e. The molecule has 0 fully saturated rings. The van der Waals surface area contributed by atoms with Gasteiger partial charge in [0.15, 0.2) is 0 Å². The number of nitrogens with zero attached hydrogens (tertiary/aromatic N) is 2. The first-order chi connectivity index (χ1) is 11.2. The Hall–Kier alpha value is -2.01. The highest BCUT2D eigenvalue weighted by Crippen LogP contribution is 2.21. The number of methoxy groups -OCH3 is 1. The third-order valence-corrected chi connectivity index (χ3v) is 3.71. The van der Waals surface area contributed by atoms with Gasteiger partial charge in [-0.25, -0.2) is 4.98 Å². The second-order valence-electron chi connectivity index (χ2n) is 5.65. The predicted octanol–water partition coefficient (Wildman–Crippen LogP) is 4.56. The number of halogens is 2. The van der Waals surface area contributed by atoms with Crippen molar-refractivity contribution in [3.05, 3.63) is 72.1 Å². The highest BCUT2D eigenvalue weighted by Gasteiger charge is 2.07. The maximum absolute atomic E-state index is 5.26. The molecule has 0 aliphatic carbocycles. The molecular formula is C19H23Cl2N3O. The summed E-state index contributed by atoms with van der Waals surface area (Å²) in [5.41, 5.74) is 3.44. The SMILES string of the molecule is COc1cccc(-c2ncc(CN(C)Cc3ccccc3)[nH]2)c1.Cl.Cl. The number of imidazole rings is 1. The van der Waals surface area contributed by atoms with Crippen molar-refractivity contribution in [3.63, 3.8) is 0 Å². The zero-order valence-corrected chi connectivity index (χ0v) is 15.9. The Morgan fingerprint density at radius 2 is 1.76 bits per heavy atom. The van der Waals surface area contributed by atoms with Gasteiger partial charge in [-0.2, -0.15) is 0 Å². The first kappa shape index (κ1) is 21.0. The molecule has 2 aromatic carbocycles. The van der Waals surface area contributed by atoms with Gasteiger partial charge in [-0.3, -0.25) is 4.90 Å². The van der Waals surface area contributed by atoms with Gasteiger partial charge < -0.3 is 9.72 Å². The molecule has 0 unspecified atom stereocenters. The standard InChI is InChI=1S/C19H21N3O.2ClH/c1-22(13-15-7-4-3-5-8-15)14-17-12-20-19(21-17)16-9-6-10-18(11-16)23-2;;/h3-12H,13-14H2,1-2H3,(H,20,21);2*1H. The average Bonchev–Trinajstić information content (AvgIpc) is 3.04. The maximum Gasteiger partial charge on any atom is 0.137 e. The van der Waals surface area contributed by atoms with Gasteiger partial charge in [0.05, 0.1) is 7.11 Å². The van der Waals surface area contributed by atoms with Gasteiger partial charge in [-0.1, -0.05) is 42.5 Å². The number of H-pyrrole nitrogens is 1. The van der Waals surface area contributed by atoms with Crippen LogP contribution in [0.4, 0.5) is 0 Å². The minimum absolute atomic E-state index is 0. The molecule has 0 radical (unpaired) electrons. The molecule has 0 saturated carbocycles. The highest BCUT2D eigenvalue weighted by atomic mass is 35.5. The van der Waals surface area contributed by atoms with E-state index in [1.54, 1.807) is 7.11 Å². The zero-order chi connectivity index (χ0) is 16.1. The number of benzene rings is 2. The molecule has 0 atom stereocenters. The van der Waals surface area contributed by atoms with E-state index in [1.165, 1.54) is 5.56 Å². The van der Waals surface area contributed by atoms with Crippen LogP contribution in [0.25, 0.3) is 11.4 Å². The van der Waals surface area contributed by atoms with Crippen LogP contribution in [0.1, 0.15) is 11.3 Å². The summed E-state index contributed by atoms with van der Waals surface area (Å²) in [6.45, 7) is 1.74. The largest absolute Gasteiger partial charge is 0.497 e. The van der Waals surface area contributed by atoms with Crippen molar-refractivity contribution in [3.8, 4) is 17.1 Å². The van der Waals surface area contributed by atoms with Crippen molar-refractivity contribution in [2.45, 2.75) is 13.1 Å². The number of rotatable bonds is 6. The number of aromatic nitrogens is 2. The second-order valence-corrected chi connectivity index (χ2v) is 5.65. The third-order valence-electron chi connectivity index (χ3n) is 3.71. The fourth-order valence-electron chi connectivity index (χ4n) is 2.60. The summed E-state index contributed by atoms with van der Waals surface area (Å²) in [7, 11) is 3.78. The topological polar surface area (TPSA) is 41.1 Å². The Morgan fingerprint density at radius 1 is 1.00 bits per heavy atom. The molecule has 0 aliphatic rings. The van der Waals surface area contributed by atoms with Gasteiger partial charge in [-0.05, 0) is 24.7 Å².